The Bertz CT molecular complexity index is 317. The number of methoxy groups -OCH3 is 1. The van der Waals surface area contributed by atoms with E-state index in [1.807, 2.05) is 12.1 Å². The Hall–Kier alpha value is -0.580. The van der Waals surface area contributed by atoms with E-state index in [0.717, 1.165) is 16.6 Å². The van der Waals surface area contributed by atoms with Crippen molar-refractivity contribution in [2.24, 2.45) is 0 Å². The van der Waals surface area contributed by atoms with Gasteiger partial charge in [0.25, 0.3) is 0 Å². The second-order valence-corrected chi connectivity index (χ2v) is 4.38. The van der Waals surface area contributed by atoms with Crippen LogP contribution >= 0.6 is 15.9 Å². The van der Waals surface area contributed by atoms with E-state index < -0.39 is 0 Å². The van der Waals surface area contributed by atoms with E-state index in [4.69, 9.17) is 4.74 Å². The lowest BCUT2D eigenvalue weighted by atomic mass is 10.2. The van der Waals surface area contributed by atoms with Gasteiger partial charge in [0.05, 0.1) is 11.1 Å². The summed E-state index contributed by atoms with van der Waals surface area (Å²) in [5, 5.41) is 12.6. The average molecular weight is 274 g/mol. The maximum atomic E-state index is 9.32. The van der Waals surface area contributed by atoms with Gasteiger partial charge >= 0.3 is 0 Å². The molecule has 0 saturated carbocycles. The van der Waals surface area contributed by atoms with E-state index >= 15 is 0 Å². The van der Waals surface area contributed by atoms with Crippen molar-refractivity contribution in [2.75, 3.05) is 13.7 Å². The smallest absolute Gasteiger partial charge is 0.129 e. The Morgan fingerprint density at radius 3 is 2.87 bits per heavy atom. The molecule has 1 aromatic rings. The molecule has 0 heterocycles. The number of hydrogen-bond donors (Lipinski definition) is 2. The van der Waals surface area contributed by atoms with Gasteiger partial charge in [-0.3, -0.25) is 0 Å². The van der Waals surface area contributed by atoms with Crippen LogP contribution in [0.25, 0.3) is 0 Å². The molecule has 0 aromatic heterocycles. The topological polar surface area (TPSA) is 41.5 Å². The van der Waals surface area contributed by atoms with Crippen LogP contribution in [0.2, 0.25) is 0 Å². The zero-order chi connectivity index (χ0) is 11.3. The zero-order valence-corrected chi connectivity index (χ0v) is 10.5. The van der Waals surface area contributed by atoms with Crippen molar-refractivity contribution in [3.63, 3.8) is 0 Å². The summed E-state index contributed by atoms with van der Waals surface area (Å²) in [4.78, 5) is 0. The van der Waals surface area contributed by atoms with E-state index in [9.17, 15) is 5.11 Å². The van der Waals surface area contributed by atoms with Crippen LogP contribution in [0.4, 0.5) is 0 Å². The lowest BCUT2D eigenvalue weighted by Gasteiger charge is -2.12. The summed E-state index contributed by atoms with van der Waals surface area (Å²) in [5.41, 5.74) is 1.13. The molecular formula is C11H16BrNO2. The van der Waals surface area contributed by atoms with Crippen molar-refractivity contribution in [3.05, 3.63) is 28.2 Å². The van der Waals surface area contributed by atoms with Crippen molar-refractivity contribution < 1.29 is 9.84 Å². The first-order valence-corrected chi connectivity index (χ1v) is 5.62. The molecule has 1 rings (SSSR count). The highest BCUT2D eigenvalue weighted by Gasteiger charge is 2.02. The summed E-state index contributed by atoms with van der Waals surface area (Å²) in [6, 6.07) is 5.80. The third-order valence-corrected chi connectivity index (χ3v) is 2.72. The first-order valence-electron chi connectivity index (χ1n) is 4.83. The average Bonchev–Trinajstić information content (AvgIpc) is 2.20. The Morgan fingerprint density at radius 1 is 1.53 bits per heavy atom. The Labute approximate surface area is 98.6 Å². The number of phenols is 1. The summed E-state index contributed by atoms with van der Waals surface area (Å²) < 4.78 is 5.75. The highest BCUT2D eigenvalue weighted by Crippen LogP contribution is 2.24. The molecule has 0 fully saturated rings. The summed E-state index contributed by atoms with van der Waals surface area (Å²) in [5.74, 6) is 0.267. The van der Waals surface area contributed by atoms with Gasteiger partial charge in [0, 0.05) is 19.7 Å². The minimum absolute atomic E-state index is 0.267. The van der Waals surface area contributed by atoms with Gasteiger partial charge in [0.2, 0.25) is 0 Å². The van der Waals surface area contributed by atoms with Gasteiger partial charge in [0.1, 0.15) is 5.75 Å². The number of rotatable bonds is 5. The van der Waals surface area contributed by atoms with Gasteiger partial charge in [-0.25, -0.2) is 0 Å². The molecule has 4 heteroatoms. The Kier molecular flexibility index (Phi) is 5.08. The van der Waals surface area contributed by atoms with Gasteiger partial charge in [0.15, 0.2) is 0 Å². The van der Waals surface area contributed by atoms with E-state index in [2.05, 4.69) is 28.2 Å². The molecule has 0 aliphatic rings. The molecular weight excluding hydrogens is 258 g/mol. The largest absolute Gasteiger partial charge is 0.507 e. The summed E-state index contributed by atoms with van der Waals surface area (Å²) in [6.07, 6.45) is 0. The quantitative estimate of drug-likeness (QED) is 0.865. The van der Waals surface area contributed by atoms with Crippen LogP contribution in [-0.4, -0.2) is 24.9 Å². The zero-order valence-electron chi connectivity index (χ0n) is 8.96. The Morgan fingerprint density at radius 2 is 2.27 bits per heavy atom. The number of benzene rings is 1. The van der Waals surface area contributed by atoms with Crippen molar-refractivity contribution >= 4 is 15.9 Å². The molecule has 0 radical (unpaired) electrons. The molecule has 0 spiro atoms. The number of nitrogens with one attached hydrogen (secondary N) is 1. The SMILES string of the molecule is COC[C@H](C)NCc1ccc(O)c(Br)c1. The third-order valence-electron chi connectivity index (χ3n) is 2.08. The lowest BCUT2D eigenvalue weighted by Crippen LogP contribution is -2.29. The molecule has 0 amide bonds. The standard InChI is InChI=1S/C11H16BrNO2/c1-8(7-15-2)13-6-9-3-4-11(14)10(12)5-9/h3-5,8,13-14H,6-7H2,1-2H3/t8-/m0/s1. The predicted octanol–water partition coefficient (Wildman–Crippen LogP) is 2.28. The summed E-state index contributed by atoms with van der Waals surface area (Å²) in [7, 11) is 1.69. The van der Waals surface area contributed by atoms with E-state index in [1.54, 1.807) is 13.2 Å². The van der Waals surface area contributed by atoms with E-state index in [0.29, 0.717) is 12.6 Å². The van der Waals surface area contributed by atoms with Gasteiger partial charge in [-0.1, -0.05) is 6.07 Å². The van der Waals surface area contributed by atoms with Crippen molar-refractivity contribution in [1.29, 1.82) is 0 Å². The molecule has 0 unspecified atom stereocenters. The monoisotopic (exact) mass is 273 g/mol. The van der Waals surface area contributed by atoms with Gasteiger partial charge in [-0.15, -0.1) is 0 Å². The second kappa shape index (κ2) is 6.10. The van der Waals surface area contributed by atoms with Crippen LogP contribution in [0.5, 0.6) is 5.75 Å². The fourth-order valence-electron chi connectivity index (χ4n) is 1.26. The maximum Gasteiger partial charge on any atom is 0.129 e. The number of ether oxygens (including phenoxy) is 1. The van der Waals surface area contributed by atoms with Crippen LogP contribution in [0.3, 0.4) is 0 Å². The van der Waals surface area contributed by atoms with Crippen LogP contribution < -0.4 is 5.32 Å². The lowest BCUT2D eigenvalue weighted by molar-refractivity contribution is 0.171. The highest BCUT2D eigenvalue weighted by molar-refractivity contribution is 9.10. The minimum Gasteiger partial charge on any atom is -0.507 e. The first-order chi connectivity index (χ1) is 7.13. The Balaban J connectivity index is 2.47. The van der Waals surface area contributed by atoms with Crippen molar-refractivity contribution in [1.82, 2.24) is 5.32 Å². The van der Waals surface area contributed by atoms with Crippen LogP contribution in [-0.2, 0) is 11.3 Å². The van der Waals surface area contributed by atoms with Gasteiger partial charge in [-0.2, -0.15) is 0 Å². The van der Waals surface area contributed by atoms with Crippen LogP contribution in [0.15, 0.2) is 22.7 Å². The normalized spacial score (nSPS) is 12.7. The van der Waals surface area contributed by atoms with E-state index in [-0.39, 0.29) is 5.75 Å². The fraction of sp³-hybridized carbons (Fsp3) is 0.455. The second-order valence-electron chi connectivity index (χ2n) is 3.52. The molecule has 0 saturated heterocycles. The molecule has 1 atom stereocenters. The number of phenolic OH excluding ortho intramolecular Hbond substituents is 1. The highest BCUT2D eigenvalue weighted by atomic mass is 79.9. The van der Waals surface area contributed by atoms with Gasteiger partial charge in [-0.05, 0) is 40.5 Å². The summed E-state index contributed by atoms with van der Waals surface area (Å²) in [6.45, 7) is 3.53. The molecule has 84 valence electrons. The third kappa shape index (κ3) is 4.20. The maximum absolute atomic E-state index is 9.32. The molecule has 0 aliphatic carbocycles. The summed E-state index contributed by atoms with van der Waals surface area (Å²) >= 11 is 3.28. The molecule has 1 aromatic carbocycles. The molecule has 0 aliphatic heterocycles. The molecule has 3 nitrogen and oxygen atoms in total. The minimum atomic E-state index is 0.267. The number of hydrogen-bond acceptors (Lipinski definition) is 3. The molecule has 0 bridgehead atoms. The van der Waals surface area contributed by atoms with Gasteiger partial charge < -0.3 is 15.2 Å². The number of halogens is 1. The van der Waals surface area contributed by atoms with Crippen LogP contribution in [0, 0.1) is 0 Å². The van der Waals surface area contributed by atoms with Crippen molar-refractivity contribution in [2.45, 2.75) is 19.5 Å². The first kappa shape index (κ1) is 12.5. The van der Waals surface area contributed by atoms with Crippen LogP contribution in [0.1, 0.15) is 12.5 Å². The number of aromatic hydroxyl groups is 1. The van der Waals surface area contributed by atoms with Crippen molar-refractivity contribution in [3.8, 4) is 5.75 Å². The fourth-order valence-corrected chi connectivity index (χ4v) is 1.69. The molecule has 2 N–H and O–H groups in total. The van der Waals surface area contributed by atoms with E-state index in [1.165, 1.54) is 0 Å². The predicted molar refractivity (Wildman–Crippen MR) is 64.0 cm³/mol. The molecule has 15 heavy (non-hydrogen) atoms.